The van der Waals surface area contributed by atoms with Gasteiger partial charge in [0.15, 0.2) is 0 Å². The zero-order valence-corrected chi connectivity index (χ0v) is 13.9. The van der Waals surface area contributed by atoms with Crippen molar-refractivity contribution in [2.45, 2.75) is 26.7 Å². The summed E-state index contributed by atoms with van der Waals surface area (Å²) in [5.74, 6) is 0.0559. The molecule has 0 atom stereocenters. The summed E-state index contributed by atoms with van der Waals surface area (Å²) in [6.45, 7) is 6.12. The van der Waals surface area contributed by atoms with Gasteiger partial charge in [-0.15, -0.1) is 11.3 Å². The Morgan fingerprint density at radius 3 is 2.67 bits per heavy atom. The molecule has 1 amide bonds. The molecule has 3 rings (SSSR count). The van der Waals surface area contributed by atoms with Crippen LogP contribution >= 0.6 is 22.9 Å². The Labute approximate surface area is 133 Å². The number of carbonyl (C=O) groups is 1. The monoisotopic (exact) mass is 322 g/mol. The summed E-state index contributed by atoms with van der Waals surface area (Å²) in [6, 6.07) is 5.59. The highest BCUT2D eigenvalue weighted by atomic mass is 35.5. The molecule has 0 saturated carbocycles. The van der Waals surface area contributed by atoms with E-state index >= 15 is 0 Å². The van der Waals surface area contributed by atoms with E-state index < -0.39 is 0 Å². The number of halogens is 1. The first kappa shape index (κ1) is 14.7. The number of anilines is 1. The molecule has 0 unspecified atom stereocenters. The van der Waals surface area contributed by atoms with Crippen LogP contribution in [0, 0.1) is 5.41 Å². The minimum Gasteiger partial charge on any atom is -0.397 e. The van der Waals surface area contributed by atoms with E-state index in [2.05, 4.69) is 13.8 Å². The standard InChI is InChI=1S/C16H19ClN2OS/c1-16(2)5-7-19(8-6-16)15(20)14-13(18)11-9-10(17)3-4-12(11)21-14/h3-4,9H,5-8,18H2,1-2H3. The number of amides is 1. The SMILES string of the molecule is CC1(C)CCN(C(=O)c2sc3ccc(Cl)cc3c2N)CC1. The van der Waals surface area contributed by atoms with Crippen molar-refractivity contribution in [3.05, 3.63) is 28.1 Å². The van der Waals surface area contributed by atoms with Crippen LogP contribution in [-0.2, 0) is 0 Å². The highest BCUT2D eigenvalue weighted by Crippen LogP contribution is 2.37. The van der Waals surface area contributed by atoms with Gasteiger partial charge in [-0.3, -0.25) is 4.79 Å². The van der Waals surface area contributed by atoms with E-state index in [9.17, 15) is 4.79 Å². The lowest BCUT2D eigenvalue weighted by atomic mass is 9.82. The molecule has 1 fully saturated rings. The van der Waals surface area contributed by atoms with Gasteiger partial charge in [-0.05, 0) is 36.5 Å². The molecule has 1 aliphatic rings. The van der Waals surface area contributed by atoms with Gasteiger partial charge < -0.3 is 10.6 Å². The topological polar surface area (TPSA) is 46.3 Å². The van der Waals surface area contributed by atoms with Crippen LogP contribution in [0.3, 0.4) is 0 Å². The van der Waals surface area contributed by atoms with Crippen LogP contribution in [0.1, 0.15) is 36.4 Å². The fourth-order valence-corrected chi connectivity index (χ4v) is 3.95. The van der Waals surface area contributed by atoms with Crippen molar-refractivity contribution < 1.29 is 4.79 Å². The normalized spacial score (nSPS) is 18.1. The minimum atomic E-state index is 0.0559. The van der Waals surface area contributed by atoms with E-state index in [0.717, 1.165) is 36.0 Å². The molecule has 21 heavy (non-hydrogen) atoms. The van der Waals surface area contributed by atoms with Crippen molar-refractivity contribution in [1.82, 2.24) is 4.90 Å². The molecule has 2 N–H and O–H groups in total. The molecule has 2 aromatic rings. The van der Waals surface area contributed by atoms with Gasteiger partial charge in [0.05, 0.1) is 5.69 Å². The van der Waals surface area contributed by atoms with E-state index in [4.69, 9.17) is 17.3 Å². The number of nitrogens with two attached hydrogens (primary N) is 1. The molecular weight excluding hydrogens is 304 g/mol. The molecule has 0 spiro atoms. The number of benzene rings is 1. The van der Waals surface area contributed by atoms with Crippen molar-refractivity contribution in [2.24, 2.45) is 5.41 Å². The summed E-state index contributed by atoms with van der Waals surface area (Å²) in [6.07, 6.45) is 2.07. The zero-order valence-electron chi connectivity index (χ0n) is 12.3. The Morgan fingerprint density at radius 2 is 2.00 bits per heavy atom. The predicted molar refractivity (Wildman–Crippen MR) is 90.2 cm³/mol. The minimum absolute atomic E-state index is 0.0559. The number of carbonyl (C=O) groups excluding carboxylic acids is 1. The molecule has 0 bridgehead atoms. The Balaban J connectivity index is 1.90. The molecule has 112 valence electrons. The number of likely N-dealkylation sites (tertiary alicyclic amines) is 1. The lowest BCUT2D eigenvalue weighted by Crippen LogP contribution is -2.41. The molecule has 2 heterocycles. The summed E-state index contributed by atoms with van der Waals surface area (Å²) < 4.78 is 1.01. The number of nitrogens with zero attached hydrogens (tertiary/aromatic N) is 1. The van der Waals surface area contributed by atoms with Crippen molar-refractivity contribution in [1.29, 1.82) is 0 Å². The van der Waals surface area contributed by atoms with Gasteiger partial charge in [0, 0.05) is 28.2 Å². The summed E-state index contributed by atoms with van der Waals surface area (Å²) in [7, 11) is 0. The number of thiophene rings is 1. The van der Waals surface area contributed by atoms with Crippen LogP contribution in [0.5, 0.6) is 0 Å². The molecule has 1 aromatic heterocycles. The quantitative estimate of drug-likeness (QED) is 0.845. The third kappa shape index (κ3) is 2.74. The lowest BCUT2D eigenvalue weighted by Gasteiger charge is -2.36. The average molecular weight is 323 g/mol. The number of piperidine rings is 1. The van der Waals surface area contributed by atoms with E-state index in [1.165, 1.54) is 11.3 Å². The molecule has 3 nitrogen and oxygen atoms in total. The van der Waals surface area contributed by atoms with Crippen molar-refractivity contribution in [3.8, 4) is 0 Å². The van der Waals surface area contributed by atoms with Gasteiger partial charge in [-0.25, -0.2) is 0 Å². The van der Waals surface area contributed by atoms with E-state index in [0.29, 0.717) is 21.0 Å². The van der Waals surface area contributed by atoms with Crippen LogP contribution in [0.4, 0.5) is 5.69 Å². The maximum Gasteiger partial charge on any atom is 0.266 e. The molecule has 1 aromatic carbocycles. The van der Waals surface area contributed by atoms with Crippen LogP contribution in [0.15, 0.2) is 18.2 Å². The maximum absolute atomic E-state index is 12.7. The van der Waals surface area contributed by atoms with Crippen LogP contribution < -0.4 is 5.73 Å². The van der Waals surface area contributed by atoms with Crippen LogP contribution in [-0.4, -0.2) is 23.9 Å². The summed E-state index contributed by atoms with van der Waals surface area (Å²) in [5.41, 5.74) is 7.06. The second-order valence-electron chi connectivity index (χ2n) is 6.44. The number of hydrogen-bond acceptors (Lipinski definition) is 3. The summed E-state index contributed by atoms with van der Waals surface area (Å²) in [4.78, 5) is 15.3. The van der Waals surface area contributed by atoms with E-state index in [1.54, 1.807) is 0 Å². The Hall–Kier alpha value is -1.26. The third-order valence-corrected chi connectivity index (χ3v) is 5.70. The summed E-state index contributed by atoms with van der Waals surface area (Å²) >= 11 is 7.47. The second kappa shape index (κ2) is 5.18. The first-order valence-corrected chi connectivity index (χ1v) is 8.34. The number of nitrogen functional groups attached to an aromatic ring is 1. The third-order valence-electron chi connectivity index (χ3n) is 4.29. The van der Waals surface area contributed by atoms with E-state index in [-0.39, 0.29) is 5.91 Å². The Morgan fingerprint density at radius 1 is 1.33 bits per heavy atom. The highest BCUT2D eigenvalue weighted by molar-refractivity contribution is 7.21. The maximum atomic E-state index is 12.7. The van der Waals surface area contributed by atoms with E-state index in [1.807, 2.05) is 23.1 Å². The van der Waals surface area contributed by atoms with Gasteiger partial charge in [0.25, 0.3) is 5.91 Å². The van der Waals surface area contributed by atoms with Crippen molar-refractivity contribution in [2.75, 3.05) is 18.8 Å². The Bertz CT molecular complexity index is 698. The van der Waals surface area contributed by atoms with Crippen LogP contribution in [0.25, 0.3) is 10.1 Å². The number of hydrogen-bond donors (Lipinski definition) is 1. The van der Waals surface area contributed by atoms with Crippen molar-refractivity contribution >= 4 is 44.6 Å². The average Bonchev–Trinajstić information content (AvgIpc) is 2.75. The number of rotatable bonds is 1. The molecule has 0 radical (unpaired) electrons. The first-order valence-electron chi connectivity index (χ1n) is 7.14. The smallest absolute Gasteiger partial charge is 0.266 e. The van der Waals surface area contributed by atoms with Crippen molar-refractivity contribution in [3.63, 3.8) is 0 Å². The van der Waals surface area contributed by atoms with Gasteiger partial charge in [-0.2, -0.15) is 0 Å². The highest BCUT2D eigenvalue weighted by Gasteiger charge is 2.30. The number of fused-ring (bicyclic) bond motifs is 1. The Kier molecular flexibility index (Phi) is 3.62. The van der Waals surface area contributed by atoms with Gasteiger partial charge in [0.2, 0.25) is 0 Å². The molecule has 1 saturated heterocycles. The molecular formula is C16H19ClN2OS. The van der Waals surface area contributed by atoms with Crippen LogP contribution in [0.2, 0.25) is 5.02 Å². The lowest BCUT2D eigenvalue weighted by molar-refractivity contribution is 0.0636. The van der Waals surface area contributed by atoms with Gasteiger partial charge >= 0.3 is 0 Å². The molecule has 5 heteroatoms. The second-order valence-corrected chi connectivity index (χ2v) is 7.93. The fourth-order valence-electron chi connectivity index (χ4n) is 2.71. The zero-order chi connectivity index (χ0) is 15.2. The molecule has 1 aliphatic heterocycles. The fraction of sp³-hybridized carbons (Fsp3) is 0.438. The van der Waals surface area contributed by atoms with Gasteiger partial charge in [0.1, 0.15) is 4.88 Å². The predicted octanol–water partition coefficient (Wildman–Crippen LogP) is 4.40. The largest absolute Gasteiger partial charge is 0.397 e. The first-order chi connectivity index (χ1) is 9.87. The van der Waals surface area contributed by atoms with Gasteiger partial charge in [-0.1, -0.05) is 25.4 Å². The molecule has 0 aliphatic carbocycles. The summed E-state index contributed by atoms with van der Waals surface area (Å²) in [5, 5.41) is 1.53.